The summed E-state index contributed by atoms with van der Waals surface area (Å²) in [5, 5.41) is 5.70. The Morgan fingerprint density at radius 3 is 2.11 bits per heavy atom. The predicted molar refractivity (Wildman–Crippen MR) is 109 cm³/mol. The van der Waals surface area contributed by atoms with Crippen LogP contribution in [0.2, 0.25) is 0 Å². The Balaban J connectivity index is 1.45. The molecule has 28 heavy (non-hydrogen) atoms. The van der Waals surface area contributed by atoms with Gasteiger partial charge in [-0.25, -0.2) is 0 Å². The van der Waals surface area contributed by atoms with Crippen LogP contribution >= 0.6 is 0 Å². The van der Waals surface area contributed by atoms with E-state index in [-0.39, 0.29) is 24.3 Å². The first-order valence-corrected chi connectivity index (χ1v) is 9.40. The molecule has 0 aromatic heterocycles. The fraction of sp³-hybridized carbons (Fsp3) is 0.333. The summed E-state index contributed by atoms with van der Waals surface area (Å²) in [6, 6.07) is 16.2. The highest BCUT2D eigenvalue weighted by atomic mass is 16.5. The molecule has 1 atom stereocenters. The first-order valence-electron chi connectivity index (χ1n) is 9.40. The van der Waals surface area contributed by atoms with Crippen LogP contribution < -0.4 is 16.4 Å². The van der Waals surface area contributed by atoms with Gasteiger partial charge in [0.1, 0.15) is 0 Å². The van der Waals surface area contributed by atoms with E-state index in [0.29, 0.717) is 31.1 Å². The number of carbonyl (C=O) groups is 2. The molecule has 1 heterocycles. The number of nitrogens with zero attached hydrogens (tertiary/aromatic N) is 1. The Morgan fingerprint density at radius 1 is 0.929 bits per heavy atom. The maximum atomic E-state index is 12.2. The van der Waals surface area contributed by atoms with Gasteiger partial charge in [0, 0.05) is 36.9 Å². The SMILES string of the molecule is NC(CC(=O)Nc1ccc(NC(=O)CN2CCOCC2)cc1)c1ccccc1. The minimum Gasteiger partial charge on any atom is -0.379 e. The molecule has 0 saturated carbocycles. The van der Waals surface area contributed by atoms with Crippen LogP contribution in [0.5, 0.6) is 0 Å². The van der Waals surface area contributed by atoms with Crippen LogP contribution in [0.25, 0.3) is 0 Å². The zero-order chi connectivity index (χ0) is 19.8. The van der Waals surface area contributed by atoms with Crippen LogP contribution in [0.1, 0.15) is 18.0 Å². The Labute approximate surface area is 164 Å². The van der Waals surface area contributed by atoms with Gasteiger partial charge in [0.15, 0.2) is 0 Å². The van der Waals surface area contributed by atoms with Crippen LogP contribution in [-0.2, 0) is 14.3 Å². The van der Waals surface area contributed by atoms with E-state index < -0.39 is 0 Å². The van der Waals surface area contributed by atoms with Gasteiger partial charge in [0.25, 0.3) is 0 Å². The van der Waals surface area contributed by atoms with Crippen molar-refractivity contribution in [1.82, 2.24) is 4.90 Å². The highest BCUT2D eigenvalue weighted by Crippen LogP contribution is 2.17. The van der Waals surface area contributed by atoms with E-state index in [0.717, 1.165) is 18.7 Å². The Bertz CT molecular complexity index is 774. The quantitative estimate of drug-likeness (QED) is 0.680. The molecule has 0 radical (unpaired) electrons. The number of nitrogens with two attached hydrogens (primary N) is 1. The van der Waals surface area contributed by atoms with E-state index >= 15 is 0 Å². The smallest absolute Gasteiger partial charge is 0.238 e. The van der Waals surface area contributed by atoms with Crippen LogP contribution in [-0.4, -0.2) is 49.6 Å². The molecule has 1 unspecified atom stereocenters. The number of ether oxygens (including phenoxy) is 1. The maximum Gasteiger partial charge on any atom is 0.238 e. The van der Waals surface area contributed by atoms with Crippen molar-refractivity contribution in [2.45, 2.75) is 12.5 Å². The molecule has 148 valence electrons. The van der Waals surface area contributed by atoms with Gasteiger partial charge in [-0.15, -0.1) is 0 Å². The third kappa shape index (κ3) is 6.16. The number of benzene rings is 2. The third-order valence-electron chi connectivity index (χ3n) is 4.56. The molecule has 0 spiro atoms. The van der Waals surface area contributed by atoms with Crippen molar-refractivity contribution >= 4 is 23.2 Å². The largest absolute Gasteiger partial charge is 0.379 e. The minimum absolute atomic E-state index is 0.0625. The second-order valence-electron chi connectivity index (χ2n) is 6.78. The fourth-order valence-electron chi connectivity index (χ4n) is 3.03. The lowest BCUT2D eigenvalue weighted by atomic mass is 10.0. The molecule has 2 amide bonds. The van der Waals surface area contributed by atoms with Gasteiger partial charge in [-0.05, 0) is 29.8 Å². The second kappa shape index (κ2) is 9.98. The summed E-state index contributed by atoms with van der Waals surface area (Å²) in [6.07, 6.45) is 0.196. The summed E-state index contributed by atoms with van der Waals surface area (Å²) in [4.78, 5) is 26.4. The zero-order valence-electron chi connectivity index (χ0n) is 15.8. The second-order valence-corrected chi connectivity index (χ2v) is 6.78. The Hall–Kier alpha value is -2.74. The molecule has 0 bridgehead atoms. The molecule has 4 N–H and O–H groups in total. The van der Waals surface area contributed by atoms with Gasteiger partial charge in [0.05, 0.1) is 19.8 Å². The molecular formula is C21H26N4O3. The summed E-state index contributed by atoms with van der Waals surface area (Å²) in [5.74, 6) is -0.215. The number of nitrogens with one attached hydrogen (secondary N) is 2. The lowest BCUT2D eigenvalue weighted by molar-refractivity contribution is -0.118. The van der Waals surface area contributed by atoms with Crippen molar-refractivity contribution < 1.29 is 14.3 Å². The van der Waals surface area contributed by atoms with Gasteiger partial charge in [0.2, 0.25) is 11.8 Å². The van der Waals surface area contributed by atoms with Crippen LogP contribution in [0, 0.1) is 0 Å². The number of carbonyl (C=O) groups excluding carboxylic acids is 2. The summed E-state index contributed by atoms with van der Waals surface area (Å²) in [7, 11) is 0. The van der Waals surface area contributed by atoms with E-state index in [1.54, 1.807) is 24.3 Å². The van der Waals surface area contributed by atoms with Crippen LogP contribution in [0.3, 0.4) is 0 Å². The monoisotopic (exact) mass is 382 g/mol. The molecule has 1 aliphatic heterocycles. The average molecular weight is 382 g/mol. The maximum absolute atomic E-state index is 12.2. The summed E-state index contributed by atoms with van der Waals surface area (Å²) < 4.78 is 5.28. The van der Waals surface area contributed by atoms with Crippen molar-refractivity contribution in [1.29, 1.82) is 0 Å². The number of hydrogen-bond acceptors (Lipinski definition) is 5. The standard InChI is InChI=1S/C21H26N4O3/c22-19(16-4-2-1-3-5-16)14-20(26)23-17-6-8-18(9-7-17)24-21(27)15-25-10-12-28-13-11-25/h1-9,19H,10-15,22H2,(H,23,26)(H,24,27). The van der Waals surface area contributed by atoms with E-state index in [9.17, 15) is 9.59 Å². The van der Waals surface area contributed by atoms with Gasteiger partial charge in [-0.2, -0.15) is 0 Å². The summed E-state index contributed by atoms with van der Waals surface area (Å²) in [5.41, 5.74) is 8.37. The van der Waals surface area contributed by atoms with Crippen molar-refractivity contribution in [3.63, 3.8) is 0 Å². The molecular weight excluding hydrogens is 356 g/mol. The highest BCUT2D eigenvalue weighted by Gasteiger charge is 2.14. The van der Waals surface area contributed by atoms with Crippen molar-refractivity contribution in [2.24, 2.45) is 5.73 Å². The zero-order valence-corrected chi connectivity index (χ0v) is 15.8. The molecule has 1 aliphatic rings. The third-order valence-corrected chi connectivity index (χ3v) is 4.56. The molecule has 0 aliphatic carbocycles. The normalized spacial score (nSPS) is 15.6. The van der Waals surface area contributed by atoms with Gasteiger partial charge >= 0.3 is 0 Å². The number of hydrogen-bond donors (Lipinski definition) is 3. The first kappa shape index (κ1) is 20.0. The molecule has 2 aromatic rings. The van der Waals surface area contributed by atoms with Gasteiger partial charge in [-0.1, -0.05) is 30.3 Å². The van der Waals surface area contributed by atoms with Crippen molar-refractivity contribution in [3.8, 4) is 0 Å². The van der Waals surface area contributed by atoms with Gasteiger partial charge < -0.3 is 21.1 Å². The van der Waals surface area contributed by atoms with E-state index in [4.69, 9.17) is 10.5 Å². The fourth-order valence-corrected chi connectivity index (χ4v) is 3.03. The topological polar surface area (TPSA) is 96.7 Å². The van der Waals surface area contributed by atoms with E-state index in [2.05, 4.69) is 15.5 Å². The Kier molecular flexibility index (Phi) is 7.13. The molecule has 1 fully saturated rings. The average Bonchev–Trinajstić information content (AvgIpc) is 2.71. The molecule has 7 heteroatoms. The van der Waals surface area contributed by atoms with E-state index in [1.807, 2.05) is 30.3 Å². The molecule has 3 rings (SSSR count). The Morgan fingerprint density at radius 2 is 1.50 bits per heavy atom. The number of morpholine rings is 1. The van der Waals surface area contributed by atoms with Gasteiger partial charge in [-0.3, -0.25) is 14.5 Å². The number of rotatable bonds is 7. The predicted octanol–water partition coefficient (Wildman–Crippen LogP) is 1.99. The number of anilines is 2. The summed E-state index contributed by atoms with van der Waals surface area (Å²) in [6.45, 7) is 3.21. The summed E-state index contributed by atoms with van der Waals surface area (Å²) >= 11 is 0. The van der Waals surface area contributed by atoms with Crippen LogP contribution in [0.4, 0.5) is 11.4 Å². The minimum atomic E-state index is -0.347. The van der Waals surface area contributed by atoms with Crippen molar-refractivity contribution in [2.75, 3.05) is 43.5 Å². The first-order chi connectivity index (χ1) is 13.6. The number of amides is 2. The molecule has 1 saturated heterocycles. The van der Waals surface area contributed by atoms with E-state index in [1.165, 1.54) is 0 Å². The molecule has 7 nitrogen and oxygen atoms in total. The lowest BCUT2D eigenvalue weighted by Gasteiger charge is -2.25. The van der Waals surface area contributed by atoms with Crippen molar-refractivity contribution in [3.05, 3.63) is 60.2 Å². The van der Waals surface area contributed by atoms with Crippen LogP contribution in [0.15, 0.2) is 54.6 Å². The highest BCUT2D eigenvalue weighted by molar-refractivity contribution is 5.94. The lowest BCUT2D eigenvalue weighted by Crippen LogP contribution is -2.41. The molecule has 2 aromatic carbocycles.